The first-order valence-corrected chi connectivity index (χ1v) is 6.99. The van der Waals surface area contributed by atoms with E-state index in [1.54, 1.807) is 12.1 Å². The molecule has 0 amide bonds. The molecule has 0 aliphatic rings. The maximum Gasteiger partial charge on any atom is 0.269 e. The Labute approximate surface area is 127 Å². The summed E-state index contributed by atoms with van der Waals surface area (Å²) in [5.41, 5.74) is 3.60. The van der Waals surface area contributed by atoms with E-state index in [1.807, 2.05) is 37.3 Å². The zero-order valence-corrected chi connectivity index (χ0v) is 12.0. The van der Waals surface area contributed by atoms with Gasteiger partial charge in [-0.15, -0.1) is 0 Å². The minimum Gasteiger partial charge on any atom is -0.355 e. The summed E-state index contributed by atoms with van der Waals surface area (Å²) in [4.78, 5) is 10.4. The maximum atomic E-state index is 10.8. The van der Waals surface area contributed by atoms with Crippen LogP contribution in [0, 0.1) is 10.1 Å². The fourth-order valence-corrected chi connectivity index (χ4v) is 2.40. The van der Waals surface area contributed by atoms with Crippen molar-refractivity contribution in [3.05, 3.63) is 70.4 Å². The maximum absolute atomic E-state index is 10.8. The monoisotopic (exact) mass is 294 g/mol. The van der Waals surface area contributed by atoms with Crippen LogP contribution in [0.1, 0.15) is 12.6 Å². The number of benzene rings is 2. The van der Waals surface area contributed by atoms with Crippen molar-refractivity contribution in [2.45, 2.75) is 13.3 Å². The summed E-state index contributed by atoms with van der Waals surface area (Å²) in [5, 5.41) is 14.9. The minimum atomic E-state index is -0.407. The normalized spacial score (nSPS) is 10.6. The molecule has 0 saturated heterocycles. The molecule has 3 rings (SSSR count). The summed E-state index contributed by atoms with van der Waals surface area (Å²) in [6, 6.07) is 16.2. The second-order valence-electron chi connectivity index (χ2n) is 4.86. The molecule has 0 aliphatic heterocycles. The third kappa shape index (κ3) is 2.48. The quantitative estimate of drug-likeness (QED) is 0.525. The smallest absolute Gasteiger partial charge is 0.269 e. The summed E-state index contributed by atoms with van der Waals surface area (Å²) < 4.78 is 5.52. The molecule has 5 heteroatoms. The van der Waals surface area contributed by atoms with Gasteiger partial charge in [0.25, 0.3) is 5.69 Å². The molecular formula is C17H14N2O3. The third-order valence-electron chi connectivity index (χ3n) is 3.50. The Kier molecular flexibility index (Phi) is 3.70. The van der Waals surface area contributed by atoms with Crippen LogP contribution in [-0.2, 0) is 6.42 Å². The lowest BCUT2D eigenvalue weighted by atomic mass is 9.98. The van der Waals surface area contributed by atoms with Crippen molar-refractivity contribution in [1.82, 2.24) is 5.16 Å². The topological polar surface area (TPSA) is 69.2 Å². The Morgan fingerprint density at radius 3 is 2.32 bits per heavy atom. The Hall–Kier alpha value is -2.95. The van der Waals surface area contributed by atoms with Gasteiger partial charge >= 0.3 is 0 Å². The number of hydrogen-bond acceptors (Lipinski definition) is 4. The lowest BCUT2D eigenvalue weighted by molar-refractivity contribution is -0.384. The van der Waals surface area contributed by atoms with Crippen molar-refractivity contribution in [2.75, 3.05) is 0 Å². The summed E-state index contributed by atoms with van der Waals surface area (Å²) >= 11 is 0. The molecule has 0 radical (unpaired) electrons. The van der Waals surface area contributed by atoms with Crippen molar-refractivity contribution in [3.63, 3.8) is 0 Å². The molecule has 2 aromatic carbocycles. The standard InChI is InChI=1S/C17H14N2O3/c1-2-15-16(12-8-10-14(11-9-12)19(20)21)17(22-18-15)13-6-4-3-5-7-13/h3-11H,2H2,1H3. The Balaban J connectivity index is 2.13. The molecule has 3 aromatic rings. The molecule has 0 unspecified atom stereocenters. The first-order chi connectivity index (χ1) is 10.7. The van der Waals surface area contributed by atoms with Crippen LogP contribution in [0.15, 0.2) is 59.1 Å². The molecule has 0 N–H and O–H groups in total. The molecular weight excluding hydrogens is 280 g/mol. The zero-order valence-electron chi connectivity index (χ0n) is 12.0. The van der Waals surface area contributed by atoms with Crippen molar-refractivity contribution >= 4 is 5.69 Å². The van der Waals surface area contributed by atoms with E-state index in [4.69, 9.17) is 4.52 Å². The van der Waals surface area contributed by atoms with E-state index in [-0.39, 0.29) is 5.69 Å². The van der Waals surface area contributed by atoms with Gasteiger partial charge in [0.1, 0.15) is 0 Å². The second-order valence-corrected chi connectivity index (χ2v) is 4.86. The van der Waals surface area contributed by atoms with Gasteiger partial charge in [0.2, 0.25) is 0 Å². The number of aryl methyl sites for hydroxylation is 1. The van der Waals surface area contributed by atoms with Gasteiger partial charge in [0, 0.05) is 17.7 Å². The van der Waals surface area contributed by atoms with Crippen molar-refractivity contribution < 1.29 is 9.45 Å². The Morgan fingerprint density at radius 2 is 1.73 bits per heavy atom. The average Bonchev–Trinajstić information content (AvgIpc) is 2.99. The van der Waals surface area contributed by atoms with E-state index in [9.17, 15) is 10.1 Å². The number of rotatable bonds is 4. The first-order valence-electron chi connectivity index (χ1n) is 6.99. The van der Waals surface area contributed by atoms with Crippen LogP contribution in [-0.4, -0.2) is 10.1 Å². The summed E-state index contributed by atoms with van der Waals surface area (Å²) in [5.74, 6) is 0.686. The molecule has 0 bridgehead atoms. The fraction of sp³-hybridized carbons (Fsp3) is 0.118. The molecule has 5 nitrogen and oxygen atoms in total. The van der Waals surface area contributed by atoms with Gasteiger partial charge < -0.3 is 4.52 Å². The van der Waals surface area contributed by atoms with Gasteiger partial charge in [-0.2, -0.15) is 0 Å². The molecule has 110 valence electrons. The predicted molar refractivity (Wildman–Crippen MR) is 83.4 cm³/mol. The van der Waals surface area contributed by atoms with Crippen molar-refractivity contribution in [1.29, 1.82) is 0 Å². The molecule has 0 atom stereocenters. The van der Waals surface area contributed by atoms with Crippen LogP contribution >= 0.6 is 0 Å². The summed E-state index contributed by atoms with van der Waals surface area (Å²) in [6.45, 7) is 2.00. The number of aromatic nitrogens is 1. The number of hydrogen-bond donors (Lipinski definition) is 0. The van der Waals surface area contributed by atoms with Gasteiger partial charge in [0.15, 0.2) is 5.76 Å². The molecule has 0 fully saturated rings. The predicted octanol–water partition coefficient (Wildman–Crippen LogP) is 4.48. The highest BCUT2D eigenvalue weighted by Crippen LogP contribution is 2.35. The van der Waals surface area contributed by atoms with Gasteiger partial charge in [-0.3, -0.25) is 10.1 Å². The van der Waals surface area contributed by atoms with Gasteiger partial charge in [-0.25, -0.2) is 0 Å². The van der Waals surface area contributed by atoms with E-state index in [2.05, 4.69) is 5.16 Å². The number of nitro benzene ring substituents is 1. The third-order valence-corrected chi connectivity index (χ3v) is 3.50. The van der Waals surface area contributed by atoms with Gasteiger partial charge in [0.05, 0.1) is 16.2 Å². The molecule has 22 heavy (non-hydrogen) atoms. The summed E-state index contributed by atoms with van der Waals surface area (Å²) in [7, 11) is 0. The summed E-state index contributed by atoms with van der Waals surface area (Å²) in [6.07, 6.45) is 0.725. The van der Waals surface area contributed by atoms with E-state index >= 15 is 0 Å². The van der Waals surface area contributed by atoms with Crippen LogP contribution in [0.25, 0.3) is 22.5 Å². The lowest BCUT2D eigenvalue weighted by Gasteiger charge is -2.04. The molecule has 0 saturated carbocycles. The molecule has 0 spiro atoms. The van der Waals surface area contributed by atoms with Gasteiger partial charge in [-0.1, -0.05) is 42.4 Å². The molecule has 0 aliphatic carbocycles. The number of non-ortho nitro benzene ring substituents is 1. The highest BCUT2D eigenvalue weighted by molar-refractivity contribution is 5.81. The van der Waals surface area contributed by atoms with E-state index < -0.39 is 4.92 Å². The van der Waals surface area contributed by atoms with Crippen molar-refractivity contribution in [3.8, 4) is 22.5 Å². The minimum absolute atomic E-state index is 0.0690. The molecule has 1 heterocycles. The highest BCUT2D eigenvalue weighted by Gasteiger charge is 2.18. The van der Waals surface area contributed by atoms with Crippen LogP contribution in [0.2, 0.25) is 0 Å². The van der Waals surface area contributed by atoms with Crippen LogP contribution in [0.4, 0.5) is 5.69 Å². The Morgan fingerprint density at radius 1 is 1.05 bits per heavy atom. The van der Waals surface area contributed by atoms with Crippen molar-refractivity contribution in [2.24, 2.45) is 0 Å². The molecule has 1 aromatic heterocycles. The number of nitrogens with zero attached hydrogens (tertiary/aromatic N) is 2. The van der Waals surface area contributed by atoms with E-state index in [0.717, 1.165) is 28.8 Å². The SMILES string of the molecule is CCc1noc(-c2ccccc2)c1-c1ccc([N+](=O)[O-])cc1. The first kappa shape index (κ1) is 14.0. The van der Waals surface area contributed by atoms with Crippen LogP contribution in [0.3, 0.4) is 0 Å². The van der Waals surface area contributed by atoms with Crippen LogP contribution in [0.5, 0.6) is 0 Å². The van der Waals surface area contributed by atoms with Gasteiger partial charge in [-0.05, 0) is 24.1 Å². The van der Waals surface area contributed by atoms with E-state index in [0.29, 0.717) is 5.76 Å². The largest absolute Gasteiger partial charge is 0.355 e. The highest BCUT2D eigenvalue weighted by atomic mass is 16.6. The zero-order chi connectivity index (χ0) is 15.5. The Bertz CT molecular complexity index is 793. The lowest BCUT2D eigenvalue weighted by Crippen LogP contribution is -1.89. The van der Waals surface area contributed by atoms with Crippen LogP contribution < -0.4 is 0 Å². The fourth-order valence-electron chi connectivity index (χ4n) is 2.40. The second kappa shape index (κ2) is 5.81. The average molecular weight is 294 g/mol. The number of nitro groups is 1. The van der Waals surface area contributed by atoms with E-state index in [1.165, 1.54) is 12.1 Å².